The van der Waals surface area contributed by atoms with Gasteiger partial charge in [-0.1, -0.05) is 35.9 Å². The Morgan fingerprint density at radius 1 is 1.05 bits per heavy atom. The lowest BCUT2D eigenvalue weighted by Gasteiger charge is -2.05. The number of hydrogen-bond donors (Lipinski definition) is 0. The van der Waals surface area contributed by atoms with E-state index >= 15 is 0 Å². The molecule has 0 amide bonds. The Hall–Kier alpha value is -2.55. The van der Waals surface area contributed by atoms with E-state index in [0.29, 0.717) is 5.69 Å². The van der Waals surface area contributed by atoms with Crippen molar-refractivity contribution in [2.24, 2.45) is 0 Å². The van der Waals surface area contributed by atoms with Gasteiger partial charge < -0.3 is 9.14 Å². The van der Waals surface area contributed by atoms with Gasteiger partial charge in [0.2, 0.25) is 0 Å². The van der Waals surface area contributed by atoms with E-state index in [4.69, 9.17) is 4.74 Å². The van der Waals surface area contributed by atoms with Crippen LogP contribution in [0.25, 0.3) is 16.6 Å². The van der Waals surface area contributed by atoms with Crippen molar-refractivity contribution in [3.63, 3.8) is 0 Å². The van der Waals surface area contributed by atoms with E-state index in [1.165, 1.54) is 12.7 Å². The van der Waals surface area contributed by atoms with Crippen molar-refractivity contribution >= 4 is 11.5 Å². The van der Waals surface area contributed by atoms with Crippen LogP contribution in [-0.4, -0.2) is 17.5 Å². The zero-order chi connectivity index (χ0) is 15.0. The molecule has 0 N–H and O–H groups in total. The number of aryl methyl sites for hydroxylation is 2. The van der Waals surface area contributed by atoms with Crippen molar-refractivity contribution in [2.45, 2.75) is 13.8 Å². The number of aromatic nitrogens is 1. The molecular weight excluding hydrogens is 262 g/mol. The molecular formula is C18H17NO2. The van der Waals surface area contributed by atoms with Crippen LogP contribution in [0.5, 0.6) is 0 Å². The normalized spacial score (nSPS) is 10.8. The summed E-state index contributed by atoms with van der Waals surface area (Å²) >= 11 is 0. The first-order valence-corrected chi connectivity index (χ1v) is 6.88. The third-order valence-electron chi connectivity index (χ3n) is 3.74. The summed E-state index contributed by atoms with van der Waals surface area (Å²) in [5.41, 5.74) is 5.93. The number of fused-ring (bicyclic) bond motifs is 1. The monoisotopic (exact) mass is 279 g/mol. The Morgan fingerprint density at radius 3 is 2.43 bits per heavy atom. The summed E-state index contributed by atoms with van der Waals surface area (Å²) in [6, 6.07) is 16.2. The average molecular weight is 279 g/mol. The first-order chi connectivity index (χ1) is 10.1. The Labute approximate surface area is 123 Å². The molecule has 0 spiro atoms. The van der Waals surface area contributed by atoms with Crippen LogP contribution < -0.4 is 0 Å². The van der Waals surface area contributed by atoms with Crippen molar-refractivity contribution in [3.8, 4) is 11.1 Å². The Morgan fingerprint density at radius 2 is 1.76 bits per heavy atom. The molecule has 3 rings (SSSR count). The van der Waals surface area contributed by atoms with Crippen molar-refractivity contribution < 1.29 is 9.53 Å². The van der Waals surface area contributed by atoms with Gasteiger partial charge >= 0.3 is 5.97 Å². The molecule has 0 bridgehead atoms. The van der Waals surface area contributed by atoms with Gasteiger partial charge in [-0.05, 0) is 37.6 Å². The second-order valence-corrected chi connectivity index (χ2v) is 5.19. The fourth-order valence-corrected chi connectivity index (χ4v) is 2.64. The minimum absolute atomic E-state index is 0.322. The van der Waals surface area contributed by atoms with E-state index in [0.717, 1.165) is 22.3 Å². The van der Waals surface area contributed by atoms with Crippen LogP contribution in [0.2, 0.25) is 0 Å². The molecule has 0 fully saturated rings. The maximum absolute atomic E-state index is 12.0. The summed E-state index contributed by atoms with van der Waals surface area (Å²) in [7, 11) is 1.41. The van der Waals surface area contributed by atoms with Gasteiger partial charge in [-0.3, -0.25) is 0 Å². The summed E-state index contributed by atoms with van der Waals surface area (Å²) < 4.78 is 6.85. The molecule has 0 aliphatic heterocycles. The van der Waals surface area contributed by atoms with Gasteiger partial charge in [0.05, 0.1) is 12.6 Å². The molecule has 106 valence electrons. The first-order valence-electron chi connectivity index (χ1n) is 6.88. The van der Waals surface area contributed by atoms with Gasteiger partial charge in [-0.25, -0.2) is 4.79 Å². The predicted octanol–water partition coefficient (Wildman–Crippen LogP) is 4.01. The molecule has 2 aromatic heterocycles. The molecule has 0 aliphatic rings. The van der Waals surface area contributed by atoms with E-state index in [-0.39, 0.29) is 5.97 Å². The maximum atomic E-state index is 12.0. The zero-order valence-electron chi connectivity index (χ0n) is 12.4. The third kappa shape index (κ3) is 2.21. The number of benzene rings is 1. The van der Waals surface area contributed by atoms with Gasteiger partial charge in [0.15, 0.2) is 0 Å². The molecule has 0 saturated carbocycles. The fourth-order valence-electron chi connectivity index (χ4n) is 2.64. The highest BCUT2D eigenvalue weighted by atomic mass is 16.5. The fraction of sp³-hybridized carbons (Fsp3) is 0.167. The van der Waals surface area contributed by atoms with Gasteiger partial charge in [0, 0.05) is 11.3 Å². The van der Waals surface area contributed by atoms with Gasteiger partial charge in [0.25, 0.3) is 0 Å². The molecule has 3 aromatic rings. The topological polar surface area (TPSA) is 30.7 Å². The molecule has 3 heteroatoms. The summed E-state index contributed by atoms with van der Waals surface area (Å²) in [6.07, 6.45) is 0. The molecule has 3 nitrogen and oxygen atoms in total. The standard InChI is InChI=1S/C18H17NO2/c1-12-7-9-14(10-8-12)15-11-17(18(20)21-3)19-13(2)5-4-6-16(15)19/h4-11H,1-3H3. The Kier molecular flexibility index (Phi) is 3.26. The summed E-state index contributed by atoms with van der Waals surface area (Å²) in [5, 5.41) is 0. The van der Waals surface area contributed by atoms with Crippen molar-refractivity contribution in [1.82, 2.24) is 4.40 Å². The SMILES string of the molecule is COC(=O)c1cc(-c2ccc(C)cc2)c2cccc(C)n12. The molecule has 1 aromatic carbocycles. The van der Waals surface area contributed by atoms with Crippen molar-refractivity contribution in [2.75, 3.05) is 7.11 Å². The molecule has 2 heterocycles. The lowest BCUT2D eigenvalue weighted by molar-refractivity contribution is 0.0592. The molecule has 0 aliphatic carbocycles. The zero-order valence-corrected chi connectivity index (χ0v) is 12.4. The Bertz CT molecular complexity index is 813. The summed E-state index contributed by atoms with van der Waals surface area (Å²) in [6.45, 7) is 4.05. The largest absolute Gasteiger partial charge is 0.464 e. The van der Waals surface area contributed by atoms with E-state index in [9.17, 15) is 4.79 Å². The highest BCUT2D eigenvalue weighted by Crippen LogP contribution is 2.29. The minimum atomic E-state index is -0.322. The number of esters is 1. The van der Waals surface area contributed by atoms with Gasteiger partial charge in [-0.15, -0.1) is 0 Å². The smallest absolute Gasteiger partial charge is 0.355 e. The van der Waals surface area contributed by atoms with Crippen LogP contribution in [0.3, 0.4) is 0 Å². The number of nitrogens with zero attached hydrogens (tertiary/aromatic N) is 1. The summed E-state index contributed by atoms with van der Waals surface area (Å²) in [4.78, 5) is 12.0. The Balaban J connectivity index is 2.31. The van der Waals surface area contributed by atoms with Crippen LogP contribution in [-0.2, 0) is 4.74 Å². The predicted molar refractivity (Wildman–Crippen MR) is 83.6 cm³/mol. The summed E-state index contributed by atoms with van der Waals surface area (Å²) in [5.74, 6) is -0.322. The van der Waals surface area contributed by atoms with E-state index in [1.54, 1.807) is 0 Å². The lowest BCUT2D eigenvalue weighted by atomic mass is 10.1. The number of methoxy groups -OCH3 is 1. The van der Waals surface area contributed by atoms with Crippen LogP contribution in [0.1, 0.15) is 21.7 Å². The molecule has 0 saturated heterocycles. The highest BCUT2D eigenvalue weighted by molar-refractivity contribution is 5.95. The van der Waals surface area contributed by atoms with Crippen molar-refractivity contribution in [3.05, 3.63) is 65.5 Å². The number of rotatable bonds is 2. The molecule has 0 radical (unpaired) electrons. The van der Waals surface area contributed by atoms with Crippen molar-refractivity contribution in [1.29, 1.82) is 0 Å². The first kappa shape index (κ1) is 13.4. The maximum Gasteiger partial charge on any atom is 0.355 e. The number of pyridine rings is 1. The minimum Gasteiger partial charge on any atom is -0.464 e. The quantitative estimate of drug-likeness (QED) is 0.664. The van der Waals surface area contributed by atoms with Gasteiger partial charge in [-0.2, -0.15) is 0 Å². The van der Waals surface area contributed by atoms with E-state index in [2.05, 4.69) is 31.2 Å². The number of ether oxygens (including phenoxy) is 1. The van der Waals surface area contributed by atoms with Crippen LogP contribution in [0.15, 0.2) is 48.5 Å². The average Bonchev–Trinajstić information content (AvgIpc) is 2.88. The van der Waals surface area contributed by atoms with Crippen LogP contribution >= 0.6 is 0 Å². The second-order valence-electron chi connectivity index (χ2n) is 5.19. The van der Waals surface area contributed by atoms with E-state index < -0.39 is 0 Å². The molecule has 21 heavy (non-hydrogen) atoms. The number of carbonyl (C=O) groups is 1. The second kappa shape index (κ2) is 5.09. The van der Waals surface area contributed by atoms with E-state index in [1.807, 2.05) is 35.6 Å². The molecule has 0 unspecified atom stereocenters. The number of hydrogen-bond acceptors (Lipinski definition) is 2. The highest BCUT2D eigenvalue weighted by Gasteiger charge is 2.17. The van der Waals surface area contributed by atoms with Crippen LogP contribution in [0.4, 0.5) is 0 Å². The lowest BCUT2D eigenvalue weighted by Crippen LogP contribution is -2.06. The number of carbonyl (C=O) groups excluding carboxylic acids is 1. The van der Waals surface area contributed by atoms with Gasteiger partial charge in [0.1, 0.15) is 5.69 Å². The third-order valence-corrected chi connectivity index (χ3v) is 3.74. The molecule has 0 atom stereocenters. The van der Waals surface area contributed by atoms with Crippen LogP contribution in [0, 0.1) is 13.8 Å².